The number of hydrazone groups is 1. The summed E-state index contributed by atoms with van der Waals surface area (Å²) in [5, 5.41) is 17.3. The molecule has 1 aromatic carbocycles. The van der Waals surface area contributed by atoms with Gasteiger partial charge in [-0.25, -0.2) is 5.01 Å². The molecular formula is C19H22N2O. The summed E-state index contributed by atoms with van der Waals surface area (Å²) in [5.41, 5.74) is 4.25. The number of hydrogen-bond donors (Lipinski definition) is 1. The van der Waals surface area contributed by atoms with Crippen molar-refractivity contribution in [2.45, 2.75) is 51.0 Å². The first-order chi connectivity index (χ1) is 10.7. The Morgan fingerprint density at radius 3 is 2.73 bits per heavy atom. The molecule has 1 N–H and O–H groups in total. The number of benzene rings is 1. The molecule has 1 fully saturated rings. The lowest BCUT2D eigenvalue weighted by molar-refractivity contribution is 0.413. The van der Waals surface area contributed by atoms with Gasteiger partial charge in [0, 0.05) is 0 Å². The molecule has 3 heteroatoms. The SMILES string of the molecule is Cc1cc(C2CCCCC2)c(O)c(N2N=C3C=CC=CC32)c1. The van der Waals surface area contributed by atoms with Crippen molar-refractivity contribution < 1.29 is 5.11 Å². The minimum Gasteiger partial charge on any atom is -0.505 e. The molecule has 2 aliphatic carbocycles. The van der Waals surface area contributed by atoms with Gasteiger partial charge in [-0.15, -0.1) is 0 Å². The van der Waals surface area contributed by atoms with Gasteiger partial charge in [-0.1, -0.05) is 43.6 Å². The van der Waals surface area contributed by atoms with Crippen LogP contribution in [0.1, 0.15) is 49.1 Å². The van der Waals surface area contributed by atoms with Gasteiger partial charge in [0.2, 0.25) is 0 Å². The second-order valence-corrected chi connectivity index (χ2v) is 6.62. The Hall–Kier alpha value is -2.03. The number of anilines is 1. The Bertz CT molecular complexity index is 681. The summed E-state index contributed by atoms with van der Waals surface area (Å²) in [6.07, 6.45) is 14.5. The second kappa shape index (κ2) is 5.31. The quantitative estimate of drug-likeness (QED) is 0.876. The standard InChI is InChI=1S/C19H22N2O/c1-13-11-15(14-7-3-2-4-8-14)19(22)18(12-13)21-17-10-6-5-9-16(17)20-21/h5-6,9-12,14,17,22H,2-4,7-8H2,1H3. The molecule has 0 saturated heterocycles. The van der Waals surface area contributed by atoms with Gasteiger partial charge in [0.15, 0.2) is 0 Å². The zero-order chi connectivity index (χ0) is 15.1. The zero-order valence-corrected chi connectivity index (χ0v) is 13.0. The molecule has 3 aliphatic rings. The number of allylic oxidation sites excluding steroid dienone is 2. The van der Waals surface area contributed by atoms with E-state index in [0.29, 0.717) is 11.7 Å². The maximum atomic E-state index is 10.8. The predicted octanol–water partition coefficient (Wildman–Crippen LogP) is 4.42. The number of phenols is 1. The summed E-state index contributed by atoms with van der Waals surface area (Å²) >= 11 is 0. The number of aryl methyl sites for hydroxylation is 1. The van der Waals surface area contributed by atoms with Crippen molar-refractivity contribution in [1.29, 1.82) is 0 Å². The van der Waals surface area contributed by atoms with Crippen LogP contribution < -0.4 is 5.01 Å². The van der Waals surface area contributed by atoms with Gasteiger partial charge in [0.05, 0.1) is 5.71 Å². The highest BCUT2D eigenvalue weighted by Crippen LogP contribution is 2.44. The third-order valence-electron chi connectivity index (χ3n) is 5.02. The summed E-state index contributed by atoms with van der Waals surface area (Å²) in [5.74, 6) is 0.933. The van der Waals surface area contributed by atoms with Crippen molar-refractivity contribution in [3.63, 3.8) is 0 Å². The fourth-order valence-corrected chi connectivity index (χ4v) is 3.84. The van der Waals surface area contributed by atoms with Gasteiger partial charge in [0.25, 0.3) is 0 Å². The van der Waals surface area contributed by atoms with Crippen LogP contribution in [0.4, 0.5) is 5.69 Å². The summed E-state index contributed by atoms with van der Waals surface area (Å²) in [4.78, 5) is 0. The third-order valence-corrected chi connectivity index (χ3v) is 5.02. The number of rotatable bonds is 2. The number of nitrogens with zero attached hydrogens (tertiary/aromatic N) is 2. The number of hydrogen-bond acceptors (Lipinski definition) is 3. The lowest BCUT2D eigenvalue weighted by Crippen LogP contribution is -2.46. The Kier molecular flexibility index (Phi) is 3.29. The molecular weight excluding hydrogens is 272 g/mol. The molecule has 1 aliphatic heterocycles. The molecule has 0 aromatic heterocycles. The molecule has 0 bridgehead atoms. The van der Waals surface area contributed by atoms with Crippen LogP contribution in [0.25, 0.3) is 0 Å². The largest absolute Gasteiger partial charge is 0.505 e. The first-order valence-corrected chi connectivity index (χ1v) is 8.30. The van der Waals surface area contributed by atoms with Gasteiger partial charge >= 0.3 is 0 Å². The molecule has 1 saturated carbocycles. The summed E-state index contributed by atoms with van der Waals surface area (Å²) in [6, 6.07) is 4.39. The van der Waals surface area contributed by atoms with E-state index >= 15 is 0 Å². The fraction of sp³-hybridized carbons (Fsp3) is 0.421. The van der Waals surface area contributed by atoms with Gasteiger partial charge in [-0.2, -0.15) is 5.10 Å². The van der Waals surface area contributed by atoms with E-state index in [1.54, 1.807) is 0 Å². The first-order valence-electron chi connectivity index (χ1n) is 8.30. The normalized spacial score (nSPS) is 24.0. The number of fused-ring (bicyclic) bond motifs is 1. The lowest BCUT2D eigenvalue weighted by Gasteiger charge is -2.38. The van der Waals surface area contributed by atoms with Crippen LogP contribution in [0.15, 0.2) is 41.5 Å². The summed E-state index contributed by atoms with van der Waals surface area (Å²) in [6.45, 7) is 2.11. The monoisotopic (exact) mass is 294 g/mol. The molecule has 3 nitrogen and oxygen atoms in total. The highest BCUT2D eigenvalue weighted by atomic mass is 16.3. The first kappa shape index (κ1) is 13.6. The Morgan fingerprint density at radius 1 is 1.14 bits per heavy atom. The maximum Gasteiger partial charge on any atom is 0.144 e. The van der Waals surface area contributed by atoms with Crippen LogP contribution in [0.2, 0.25) is 0 Å². The van der Waals surface area contributed by atoms with E-state index in [9.17, 15) is 5.11 Å². The van der Waals surface area contributed by atoms with E-state index < -0.39 is 0 Å². The lowest BCUT2D eigenvalue weighted by atomic mass is 9.82. The van der Waals surface area contributed by atoms with E-state index in [1.165, 1.54) is 37.7 Å². The topological polar surface area (TPSA) is 35.8 Å². The Balaban J connectivity index is 1.71. The molecule has 1 unspecified atom stereocenters. The predicted molar refractivity (Wildman–Crippen MR) is 90.7 cm³/mol. The summed E-state index contributed by atoms with van der Waals surface area (Å²) < 4.78 is 0. The van der Waals surface area contributed by atoms with E-state index in [4.69, 9.17) is 0 Å². The molecule has 1 heterocycles. The van der Waals surface area contributed by atoms with Gasteiger partial charge in [-0.05, 0) is 49.0 Å². The number of phenolic OH excluding ortho intramolecular Hbond substituents is 1. The van der Waals surface area contributed by atoms with E-state index in [2.05, 4.69) is 24.2 Å². The summed E-state index contributed by atoms with van der Waals surface area (Å²) in [7, 11) is 0. The van der Waals surface area contributed by atoms with Crippen LogP contribution in [-0.2, 0) is 0 Å². The average molecular weight is 294 g/mol. The molecule has 114 valence electrons. The molecule has 1 atom stereocenters. The van der Waals surface area contributed by atoms with Gasteiger partial charge < -0.3 is 5.11 Å². The highest BCUT2D eigenvalue weighted by molar-refractivity contribution is 6.09. The van der Waals surface area contributed by atoms with E-state index in [-0.39, 0.29) is 6.04 Å². The molecule has 0 amide bonds. The molecule has 4 rings (SSSR count). The average Bonchev–Trinajstić information content (AvgIpc) is 2.52. The molecule has 0 radical (unpaired) electrons. The van der Waals surface area contributed by atoms with Crippen LogP contribution in [0, 0.1) is 6.92 Å². The molecule has 1 aromatic rings. The van der Waals surface area contributed by atoms with Gasteiger partial charge in [0.1, 0.15) is 17.5 Å². The van der Waals surface area contributed by atoms with Crippen LogP contribution >= 0.6 is 0 Å². The van der Waals surface area contributed by atoms with E-state index in [1.807, 2.05) is 29.3 Å². The van der Waals surface area contributed by atoms with Crippen molar-refractivity contribution in [2.24, 2.45) is 5.10 Å². The molecule has 22 heavy (non-hydrogen) atoms. The van der Waals surface area contributed by atoms with Crippen molar-refractivity contribution >= 4 is 11.4 Å². The smallest absolute Gasteiger partial charge is 0.144 e. The highest BCUT2D eigenvalue weighted by Gasteiger charge is 2.33. The van der Waals surface area contributed by atoms with Crippen LogP contribution in [0.3, 0.4) is 0 Å². The van der Waals surface area contributed by atoms with E-state index in [0.717, 1.165) is 17.0 Å². The Labute approximate surface area is 131 Å². The second-order valence-electron chi connectivity index (χ2n) is 6.62. The number of aromatic hydroxyl groups is 1. The molecule has 0 spiro atoms. The Morgan fingerprint density at radius 2 is 1.95 bits per heavy atom. The van der Waals surface area contributed by atoms with Crippen molar-refractivity contribution in [3.8, 4) is 5.75 Å². The van der Waals surface area contributed by atoms with Crippen molar-refractivity contribution in [1.82, 2.24) is 0 Å². The zero-order valence-electron chi connectivity index (χ0n) is 13.0. The fourth-order valence-electron chi connectivity index (χ4n) is 3.84. The third kappa shape index (κ3) is 2.16. The van der Waals surface area contributed by atoms with Crippen LogP contribution in [0.5, 0.6) is 5.75 Å². The van der Waals surface area contributed by atoms with Gasteiger partial charge in [-0.3, -0.25) is 0 Å². The minimum atomic E-state index is 0.178. The minimum absolute atomic E-state index is 0.178. The maximum absolute atomic E-state index is 10.8. The van der Waals surface area contributed by atoms with Crippen LogP contribution in [-0.4, -0.2) is 16.9 Å². The van der Waals surface area contributed by atoms with Crippen molar-refractivity contribution in [3.05, 3.63) is 47.6 Å². The van der Waals surface area contributed by atoms with Crippen molar-refractivity contribution in [2.75, 3.05) is 5.01 Å².